The first-order chi connectivity index (χ1) is 11.2. The summed E-state index contributed by atoms with van der Waals surface area (Å²) in [6.07, 6.45) is 0.0981. The molecule has 124 valence electrons. The van der Waals surface area contributed by atoms with E-state index in [0.717, 1.165) is 31.0 Å². The monoisotopic (exact) mass is 318 g/mol. The Balaban J connectivity index is 1.66. The number of rotatable bonds is 5. The van der Waals surface area contributed by atoms with E-state index in [4.69, 9.17) is 14.0 Å². The summed E-state index contributed by atoms with van der Waals surface area (Å²) in [5.74, 6) is 1.29. The normalized spacial score (nSPS) is 20.2. The minimum atomic E-state index is 0.0800. The summed E-state index contributed by atoms with van der Waals surface area (Å²) in [6, 6.07) is 8.04. The van der Waals surface area contributed by atoms with Crippen molar-refractivity contribution in [3.8, 4) is 17.1 Å². The molecule has 1 N–H and O–H groups in total. The number of likely N-dealkylation sites (N-methyl/N-ethyl adjacent to an activating group) is 1. The van der Waals surface area contributed by atoms with Crippen molar-refractivity contribution in [3.63, 3.8) is 0 Å². The van der Waals surface area contributed by atoms with Crippen LogP contribution in [0.3, 0.4) is 0 Å². The van der Waals surface area contributed by atoms with Crippen LogP contribution in [0.15, 0.2) is 28.8 Å². The molecule has 2 unspecified atom stereocenters. The van der Waals surface area contributed by atoms with Crippen molar-refractivity contribution < 1.29 is 14.0 Å². The average Bonchev–Trinajstić information content (AvgIpc) is 3.03. The molecule has 0 saturated carbocycles. The molecule has 1 aromatic carbocycles. The van der Waals surface area contributed by atoms with Gasteiger partial charge in [0.1, 0.15) is 5.75 Å². The standard InChI is InChI=1S/C16H22N4O3/c1-11(14-10-20(2)7-8-22-14)17-16-18-15(19-23-16)12-5-4-6-13(9-12)21-3/h4-6,9,11,14H,7-8,10H2,1-3H3,(H,17,18,19). The molecule has 0 radical (unpaired) electrons. The molecule has 2 aromatic rings. The predicted octanol–water partition coefficient (Wildman–Crippen LogP) is 1.88. The van der Waals surface area contributed by atoms with Crippen LogP contribution in [0.2, 0.25) is 0 Å². The number of methoxy groups -OCH3 is 1. The summed E-state index contributed by atoms with van der Waals surface area (Å²) in [6.45, 7) is 4.64. The van der Waals surface area contributed by atoms with Crippen molar-refractivity contribution in [2.45, 2.75) is 19.1 Å². The molecule has 1 aromatic heterocycles. The largest absolute Gasteiger partial charge is 0.497 e. The van der Waals surface area contributed by atoms with E-state index in [1.165, 1.54) is 0 Å². The fraction of sp³-hybridized carbons (Fsp3) is 0.500. The highest BCUT2D eigenvalue weighted by Gasteiger charge is 2.25. The van der Waals surface area contributed by atoms with Crippen LogP contribution >= 0.6 is 0 Å². The number of nitrogens with one attached hydrogen (secondary N) is 1. The van der Waals surface area contributed by atoms with E-state index in [9.17, 15) is 0 Å². The molecular formula is C16H22N4O3. The molecule has 7 heteroatoms. The maximum atomic E-state index is 5.79. The van der Waals surface area contributed by atoms with Crippen molar-refractivity contribution in [1.29, 1.82) is 0 Å². The third kappa shape index (κ3) is 3.80. The van der Waals surface area contributed by atoms with Crippen LogP contribution in [0, 0.1) is 0 Å². The van der Waals surface area contributed by atoms with Gasteiger partial charge in [0.05, 0.1) is 25.9 Å². The zero-order chi connectivity index (χ0) is 16.2. The van der Waals surface area contributed by atoms with Gasteiger partial charge in [-0.3, -0.25) is 0 Å². The highest BCUT2D eigenvalue weighted by Crippen LogP contribution is 2.23. The number of anilines is 1. The van der Waals surface area contributed by atoms with Crippen molar-refractivity contribution in [1.82, 2.24) is 15.0 Å². The van der Waals surface area contributed by atoms with E-state index in [1.54, 1.807) is 7.11 Å². The van der Waals surface area contributed by atoms with Gasteiger partial charge in [-0.1, -0.05) is 17.3 Å². The third-order valence-electron chi connectivity index (χ3n) is 3.96. The van der Waals surface area contributed by atoms with E-state index < -0.39 is 0 Å². The van der Waals surface area contributed by atoms with Gasteiger partial charge in [0.2, 0.25) is 5.82 Å². The lowest BCUT2D eigenvalue weighted by Gasteiger charge is -2.33. The van der Waals surface area contributed by atoms with Gasteiger partial charge in [-0.2, -0.15) is 4.98 Å². The molecule has 1 aliphatic heterocycles. The number of benzene rings is 1. The van der Waals surface area contributed by atoms with Gasteiger partial charge >= 0.3 is 6.01 Å². The van der Waals surface area contributed by atoms with E-state index >= 15 is 0 Å². The molecule has 2 atom stereocenters. The molecule has 1 fully saturated rings. The zero-order valence-electron chi connectivity index (χ0n) is 13.7. The van der Waals surface area contributed by atoms with Crippen molar-refractivity contribution in [2.24, 2.45) is 0 Å². The predicted molar refractivity (Wildman–Crippen MR) is 86.6 cm³/mol. The summed E-state index contributed by atoms with van der Waals surface area (Å²) < 4.78 is 16.3. The fourth-order valence-corrected chi connectivity index (χ4v) is 2.56. The lowest BCUT2D eigenvalue weighted by molar-refractivity contribution is -0.0263. The minimum absolute atomic E-state index is 0.0800. The second-order valence-electron chi connectivity index (χ2n) is 5.76. The molecule has 1 aliphatic rings. The summed E-state index contributed by atoms with van der Waals surface area (Å²) in [7, 11) is 3.72. The first-order valence-corrected chi connectivity index (χ1v) is 7.70. The lowest BCUT2D eigenvalue weighted by atomic mass is 10.1. The average molecular weight is 318 g/mol. The van der Waals surface area contributed by atoms with Crippen LogP contribution in [0.1, 0.15) is 6.92 Å². The van der Waals surface area contributed by atoms with E-state index in [0.29, 0.717) is 11.8 Å². The number of nitrogens with zero attached hydrogens (tertiary/aromatic N) is 3. The van der Waals surface area contributed by atoms with Gasteiger partial charge < -0.3 is 24.2 Å². The first kappa shape index (κ1) is 15.8. The molecule has 0 aliphatic carbocycles. The summed E-state index contributed by atoms with van der Waals surface area (Å²) in [5, 5.41) is 7.25. The highest BCUT2D eigenvalue weighted by molar-refractivity contribution is 5.57. The van der Waals surface area contributed by atoms with Crippen LogP contribution in [0.5, 0.6) is 5.75 Å². The van der Waals surface area contributed by atoms with Gasteiger partial charge in [-0.05, 0) is 26.1 Å². The molecule has 2 heterocycles. The lowest BCUT2D eigenvalue weighted by Crippen LogP contribution is -2.47. The fourth-order valence-electron chi connectivity index (χ4n) is 2.56. The quantitative estimate of drug-likeness (QED) is 0.902. The Hall–Kier alpha value is -2.12. The third-order valence-corrected chi connectivity index (χ3v) is 3.96. The molecule has 0 amide bonds. The number of hydrogen-bond acceptors (Lipinski definition) is 7. The van der Waals surface area contributed by atoms with Gasteiger partial charge in [-0.15, -0.1) is 0 Å². The van der Waals surface area contributed by atoms with Crippen LogP contribution in [-0.4, -0.2) is 61.0 Å². The smallest absolute Gasteiger partial charge is 0.322 e. The van der Waals surface area contributed by atoms with Gasteiger partial charge in [0, 0.05) is 18.7 Å². The van der Waals surface area contributed by atoms with Crippen molar-refractivity contribution >= 4 is 6.01 Å². The Labute approximate surface area is 135 Å². The zero-order valence-corrected chi connectivity index (χ0v) is 13.7. The SMILES string of the molecule is COc1cccc(-c2noc(NC(C)C3CN(C)CCO3)n2)c1. The summed E-state index contributed by atoms with van der Waals surface area (Å²) in [5.41, 5.74) is 0.849. The Morgan fingerprint density at radius 2 is 2.30 bits per heavy atom. The molecule has 23 heavy (non-hydrogen) atoms. The highest BCUT2D eigenvalue weighted by atomic mass is 16.5. The van der Waals surface area contributed by atoms with E-state index in [1.807, 2.05) is 24.3 Å². The van der Waals surface area contributed by atoms with Gasteiger partial charge in [-0.25, -0.2) is 0 Å². The molecule has 1 saturated heterocycles. The van der Waals surface area contributed by atoms with Gasteiger partial charge in [0.15, 0.2) is 0 Å². The van der Waals surface area contributed by atoms with Crippen molar-refractivity contribution in [2.75, 3.05) is 39.2 Å². The topological polar surface area (TPSA) is 72.7 Å². The van der Waals surface area contributed by atoms with Crippen LogP contribution in [0.25, 0.3) is 11.4 Å². The number of morpholine rings is 1. The minimum Gasteiger partial charge on any atom is -0.497 e. The Bertz CT molecular complexity index is 646. The molecule has 0 spiro atoms. The Morgan fingerprint density at radius 1 is 1.43 bits per heavy atom. The summed E-state index contributed by atoms with van der Waals surface area (Å²) >= 11 is 0. The Morgan fingerprint density at radius 3 is 3.09 bits per heavy atom. The summed E-state index contributed by atoms with van der Waals surface area (Å²) in [4.78, 5) is 6.65. The van der Waals surface area contributed by atoms with Crippen LogP contribution in [-0.2, 0) is 4.74 Å². The van der Waals surface area contributed by atoms with Crippen molar-refractivity contribution in [3.05, 3.63) is 24.3 Å². The number of aromatic nitrogens is 2. The van der Waals surface area contributed by atoms with Gasteiger partial charge in [0.25, 0.3) is 0 Å². The van der Waals surface area contributed by atoms with E-state index in [2.05, 4.69) is 34.3 Å². The molecule has 3 rings (SSSR count). The second kappa shape index (κ2) is 6.97. The van der Waals surface area contributed by atoms with Crippen LogP contribution < -0.4 is 10.1 Å². The molecule has 7 nitrogen and oxygen atoms in total. The molecular weight excluding hydrogens is 296 g/mol. The molecule has 0 bridgehead atoms. The first-order valence-electron chi connectivity index (χ1n) is 7.70. The number of ether oxygens (including phenoxy) is 2. The van der Waals surface area contributed by atoms with Crippen LogP contribution in [0.4, 0.5) is 6.01 Å². The number of hydrogen-bond donors (Lipinski definition) is 1. The Kier molecular flexibility index (Phi) is 4.78. The van der Waals surface area contributed by atoms with E-state index in [-0.39, 0.29) is 12.1 Å². The maximum absolute atomic E-state index is 5.79. The maximum Gasteiger partial charge on any atom is 0.322 e. The second-order valence-corrected chi connectivity index (χ2v) is 5.76.